The van der Waals surface area contributed by atoms with E-state index >= 15 is 0 Å². The minimum absolute atomic E-state index is 0.0196. The highest BCUT2D eigenvalue weighted by atomic mass is 16.7. The quantitative estimate of drug-likeness (QED) is 0.830. The second-order valence-corrected chi connectivity index (χ2v) is 4.71. The Morgan fingerprint density at radius 3 is 2.48 bits per heavy atom. The maximum atomic E-state index is 12.0. The van der Waals surface area contributed by atoms with E-state index in [-0.39, 0.29) is 11.1 Å². The monoisotopic (exact) mass is 291 g/mol. The molecule has 21 heavy (non-hydrogen) atoms. The third kappa shape index (κ3) is 3.68. The predicted octanol–water partition coefficient (Wildman–Crippen LogP) is 2.09. The molecule has 0 unspecified atom stereocenters. The Morgan fingerprint density at radius 1 is 1.19 bits per heavy atom. The number of carboxylic acids is 1. The molecule has 2 N–H and O–H groups in total. The summed E-state index contributed by atoms with van der Waals surface area (Å²) in [6.07, 6.45) is -0.417. The van der Waals surface area contributed by atoms with Crippen molar-refractivity contribution in [2.45, 2.75) is 20.1 Å². The summed E-state index contributed by atoms with van der Waals surface area (Å²) >= 11 is 0. The zero-order valence-corrected chi connectivity index (χ0v) is 11.9. The average Bonchev–Trinajstić information content (AvgIpc) is 3.00. The van der Waals surface area contributed by atoms with Gasteiger partial charge in [-0.05, 0) is 26.0 Å². The van der Waals surface area contributed by atoms with Gasteiger partial charge in [-0.15, -0.1) is 0 Å². The number of aliphatic carboxylic acids is 1. The molecule has 1 saturated heterocycles. The van der Waals surface area contributed by atoms with E-state index in [0.29, 0.717) is 18.9 Å². The van der Waals surface area contributed by atoms with Gasteiger partial charge in [0, 0.05) is 22.4 Å². The van der Waals surface area contributed by atoms with Gasteiger partial charge in [0.25, 0.3) is 5.91 Å². The second kappa shape index (κ2) is 6.51. The maximum Gasteiger partial charge on any atom is 0.331 e. The molecular formula is C15H17NO5. The summed E-state index contributed by atoms with van der Waals surface area (Å²) in [7, 11) is 0. The number of ether oxygens (including phenoxy) is 2. The zero-order chi connectivity index (χ0) is 15.4. The molecule has 6 heteroatoms. The minimum Gasteiger partial charge on any atom is -0.478 e. The molecule has 0 bridgehead atoms. The average molecular weight is 291 g/mol. The molecule has 0 atom stereocenters. The van der Waals surface area contributed by atoms with Crippen molar-refractivity contribution in [1.82, 2.24) is 0 Å². The number of benzene rings is 1. The van der Waals surface area contributed by atoms with Crippen LogP contribution in [0.5, 0.6) is 0 Å². The molecule has 0 spiro atoms. The van der Waals surface area contributed by atoms with Gasteiger partial charge >= 0.3 is 5.97 Å². The summed E-state index contributed by atoms with van der Waals surface area (Å²) < 4.78 is 10.8. The number of carboxylic acid groups (broad SMARTS) is 1. The van der Waals surface area contributed by atoms with E-state index in [4.69, 9.17) is 14.6 Å². The Kier molecular flexibility index (Phi) is 4.72. The number of carbonyl (C=O) groups is 2. The Hall–Kier alpha value is -2.18. The first-order chi connectivity index (χ1) is 9.99. The molecule has 1 heterocycles. The van der Waals surface area contributed by atoms with Crippen LogP contribution in [0.4, 0.5) is 5.69 Å². The molecule has 1 aliphatic rings. The standard InChI is InChI=1S/C15H17NO5/c1-9(10(2)14(18)19)13(17)16-12-5-3-4-11(8-12)15-20-6-7-21-15/h3-5,8,15H,6-7H2,1-2H3,(H,16,17)(H,18,19)/b10-9+. The number of carbonyl (C=O) groups excluding carboxylic acids is 1. The van der Waals surface area contributed by atoms with Gasteiger partial charge in [-0.3, -0.25) is 4.79 Å². The molecule has 0 aliphatic carbocycles. The highest BCUT2D eigenvalue weighted by molar-refractivity contribution is 6.08. The Morgan fingerprint density at radius 2 is 1.86 bits per heavy atom. The van der Waals surface area contributed by atoms with Crippen molar-refractivity contribution in [2.75, 3.05) is 18.5 Å². The van der Waals surface area contributed by atoms with Gasteiger partial charge in [0.1, 0.15) is 0 Å². The third-order valence-corrected chi connectivity index (χ3v) is 3.26. The van der Waals surface area contributed by atoms with Crippen molar-refractivity contribution < 1.29 is 24.2 Å². The minimum atomic E-state index is -1.11. The molecular weight excluding hydrogens is 274 g/mol. The Labute approximate surface area is 122 Å². The van der Waals surface area contributed by atoms with E-state index in [1.54, 1.807) is 18.2 Å². The van der Waals surface area contributed by atoms with Gasteiger partial charge in [-0.1, -0.05) is 12.1 Å². The Balaban J connectivity index is 2.13. The highest BCUT2D eigenvalue weighted by Gasteiger charge is 2.19. The number of rotatable bonds is 4. The number of amides is 1. The van der Waals surface area contributed by atoms with Crippen LogP contribution >= 0.6 is 0 Å². The van der Waals surface area contributed by atoms with E-state index in [1.165, 1.54) is 13.8 Å². The Bertz CT molecular complexity index is 587. The van der Waals surface area contributed by atoms with Gasteiger partial charge in [-0.2, -0.15) is 0 Å². The molecule has 112 valence electrons. The van der Waals surface area contributed by atoms with Crippen LogP contribution in [0.25, 0.3) is 0 Å². The first-order valence-corrected chi connectivity index (χ1v) is 6.54. The van der Waals surface area contributed by atoms with Crippen molar-refractivity contribution in [2.24, 2.45) is 0 Å². The van der Waals surface area contributed by atoms with E-state index in [2.05, 4.69) is 5.32 Å². The molecule has 2 rings (SSSR count). The van der Waals surface area contributed by atoms with Crippen LogP contribution in [0.15, 0.2) is 35.4 Å². The number of anilines is 1. The molecule has 1 fully saturated rings. The molecule has 6 nitrogen and oxygen atoms in total. The number of hydrogen-bond donors (Lipinski definition) is 2. The summed E-state index contributed by atoms with van der Waals surface area (Å²) in [5.74, 6) is -1.55. The van der Waals surface area contributed by atoms with Crippen molar-refractivity contribution in [3.05, 3.63) is 41.0 Å². The van der Waals surface area contributed by atoms with E-state index in [9.17, 15) is 9.59 Å². The van der Waals surface area contributed by atoms with E-state index < -0.39 is 18.2 Å². The molecule has 1 aromatic carbocycles. The van der Waals surface area contributed by atoms with Crippen LogP contribution in [-0.2, 0) is 19.1 Å². The fourth-order valence-electron chi connectivity index (χ4n) is 1.87. The van der Waals surface area contributed by atoms with Crippen LogP contribution in [0, 0.1) is 0 Å². The number of nitrogens with one attached hydrogen (secondary N) is 1. The van der Waals surface area contributed by atoms with Crippen LogP contribution in [0.1, 0.15) is 25.7 Å². The summed E-state index contributed by atoms with van der Waals surface area (Å²) in [5.41, 5.74) is 1.56. The smallest absolute Gasteiger partial charge is 0.331 e. The summed E-state index contributed by atoms with van der Waals surface area (Å²) in [4.78, 5) is 22.9. The largest absolute Gasteiger partial charge is 0.478 e. The molecule has 0 aromatic heterocycles. The first kappa shape index (κ1) is 15.2. The highest BCUT2D eigenvalue weighted by Crippen LogP contribution is 2.25. The lowest BCUT2D eigenvalue weighted by molar-refractivity contribution is -0.133. The van der Waals surface area contributed by atoms with Gasteiger partial charge in [0.2, 0.25) is 0 Å². The maximum absolute atomic E-state index is 12.0. The molecule has 0 radical (unpaired) electrons. The van der Waals surface area contributed by atoms with Crippen molar-refractivity contribution in [1.29, 1.82) is 0 Å². The third-order valence-electron chi connectivity index (χ3n) is 3.26. The van der Waals surface area contributed by atoms with Gasteiger partial charge in [0.05, 0.1) is 13.2 Å². The van der Waals surface area contributed by atoms with E-state index in [0.717, 1.165) is 5.56 Å². The normalized spacial score (nSPS) is 16.5. The molecule has 1 aromatic rings. The van der Waals surface area contributed by atoms with Crippen LogP contribution < -0.4 is 5.32 Å². The van der Waals surface area contributed by atoms with Gasteiger partial charge in [0.15, 0.2) is 6.29 Å². The molecule has 1 amide bonds. The molecule has 1 aliphatic heterocycles. The summed E-state index contributed by atoms with van der Waals surface area (Å²) in [6, 6.07) is 7.09. The summed E-state index contributed by atoms with van der Waals surface area (Å²) in [5, 5.41) is 11.6. The van der Waals surface area contributed by atoms with Crippen LogP contribution in [-0.4, -0.2) is 30.2 Å². The topological polar surface area (TPSA) is 84.9 Å². The second-order valence-electron chi connectivity index (χ2n) is 4.71. The number of hydrogen-bond acceptors (Lipinski definition) is 4. The SMILES string of the molecule is C/C(C(=O)O)=C(/C)C(=O)Nc1cccc(C2OCCO2)c1. The van der Waals surface area contributed by atoms with Gasteiger partial charge in [-0.25, -0.2) is 4.79 Å². The first-order valence-electron chi connectivity index (χ1n) is 6.54. The fourth-order valence-corrected chi connectivity index (χ4v) is 1.87. The van der Waals surface area contributed by atoms with Crippen molar-refractivity contribution in [3.63, 3.8) is 0 Å². The van der Waals surface area contributed by atoms with Crippen LogP contribution in [0.2, 0.25) is 0 Å². The van der Waals surface area contributed by atoms with E-state index in [1.807, 2.05) is 6.07 Å². The summed E-state index contributed by atoms with van der Waals surface area (Å²) in [6.45, 7) is 3.96. The van der Waals surface area contributed by atoms with Gasteiger partial charge < -0.3 is 19.9 Å². The lowest BCUT2D eigenvalue weighted by Gasteiger charge is -2.12. The molecule has 0 saturated carbocycles. The fraction of sp³-hybridized carbons (Fsp3) is 0.333. The zero-order valence-electron chi connectivity index (χ0n) is 11.9. The van der Waals surface area contributed by atoms with Crippen molar-refractivity contribution >= 4 is 17.6 Å². The predicted molar refractivity (Wildman–Crippen MR) is 75.7 cm³/mol. The van der Waals surface area contributed by atoms with Crippen molar-refractivity contribution in [3.8, 4) is 0 Å². The van der Waals surface area contributed by atoms with Crippen LogP contribution in [0.3, 0.4) is 0 Å². The lowest BCUT2D eigenvalue weighted by Crippen LogP contribution is -2.16. The lowest BCUT2D eigenvalue weighted by atomic mass is 10.1.